The minimum Gasteiger partial charge on any atom is -0.506 e. The summed E-state index contributed by atoms with van der Waals surface area (Å²) in [7, 11) is 1.57. The van der Waals surface area contributed by atoms with E-state index < -0.39 is 0 Å². The predicted octanol–water partition coefficient (Wildman–Crippen LogP) is 1.41. The fourth-order valence-electron chi connectivity index (χ4n) is 1.00. The number of aryl methyl sites for hydroxylation is 1. The number of methoxy groups -OCH3 is 1. The third-order valence-corrected chi connectivity index (χ3v) is 1.64. The predicted molar refractivity (Wildman–Crippen MR) is 41.9 cm³/mol. The first-order valence-electron chi connectivity index (χ1n) is 3.36. The van der Waals surface area contributed by atoms with E-state index in [2.05, 4.69) is 4.98 Å². The van der Waals surface area contributed by atoms with Crippen molar-refractivity contribution in [2.24, 2.45) is 0 Å². The third-order valence-electron chi connectivity index (χ3n) is 1.64. The maximum atomic E-state index is 9.21. The van der Waals surface area contributed by atoms with Gasteiger partial charge in [0.25, 0.3) is 0 Å². The zero-order valence-corrected chi connectivity index (χ0v) is 6.88. The van der Waals surface area contributed by atoms with Gasteiger partial charge in [0.05, 0.1) is 19.0 Å². The molecule has 0 unspecified atom stereocenters. The maximum absolute atomic E-state index is 9.21. The van der Waals surface area contributed by atoms with Crippen LogP contribution in [0.25, 0.3) is 0 Å². The molecule has 0 aliphatic rings. The highest BCUT2D eigenvalue weighted by Crippen LogP contribution is 2.27. The lowest BCUT2D eigenvalue weighted by Crippen LogP contribution is -1.93. The molecule has 0 aliphatic carbocycles. The summed E-state index contributed by atoms with van der Waals surface area (Å²) in [5.74, 6) is 0.831. The first kappa shape index (κ1) is 7.85. The van der Waals surface area contributed by atoms with Gasteiger partial charge >= 0.3 is 0 Å². The van der Waals surface area contributed by atoms with Crippen LogP contribution in [0.1, 0.15) is 11.3 Å². The van der Waals surface area contributed by atoms with Gasteiger partial charge in [0.1, 0.15) is 11.5 Å². The summed E-state index contributed by atoms with van der Waals surface area (Å²) >= 11 is 0. The smallest absolute Gasteiger partial charge is 0.146 e. The summed E-state index contributed by atoms with van der Waals surface area (Å²) in [6.07, 6.45) is 1.42. The lowest BCUT2D eigenvalue weighted by molar-refractivity contribution is 0.396. The highest BCUT2D eigenvalue weighted by atomic mass is 16.5. The second kappa shape index (κ2) is 2.78. The molecule has 0 atom stereocenters. The van der Waals surface area contributed by atoms with Crippen LogP contribution in [0.5, 0.6) is 11.5 Å². The molecule has 0 saturated carbocycles. The second-order valence-electron chi connectivity index (χ2n) is 2.39. The molecule has 0 aromatic carbocycles. The standard InChI is InChI=1S/C8H11NO2/c1-5-7(10)4-9-6(2)8(5)11-3/h4,10H,1-3H3. The Balaban J connectivity index is 3.29. The molecule has 0 aliphatic heterocycles. The Morgan fingerprint density at radius 2 is 2.09 bits per heavy atom. The Morgan fingerprint density at radius 1 is 1.45 bits per heavy atom. The topological polar surface area (TPSA) is 42.4 Å². The number of hydrogen-bond donors (Lipinski definition) is 1. The van der Waals surface area contributed by atoms with Crippen molar-refractivity contribution in [3.8, 4) is 11.5 Å². The largest absolute Gasteiger partial charge is 0.506 e. The van der Waals surface area contributed by atoms with Crippen molar-refractivity contribution in [1.82, 2.24) is 4.98 Å². The summed E-state index contributed by atoms with van der Waals surface area (Å²) in [4.78, 5) is 3.94. The second-order valence-corrected chi connectivity index (χ2v) is 2.39. The molecule has 0 fully saturated rings. The molecular formula is C8H11NO2. The SMILES string of the molecule is COc1c(C)ncc(O)c1C. The van der Waals surface area contributed by atoms with Crippen molar-refractivity contribution in [3.63, 3.8) is 0 Å². The van der Waals surface area contributed by atoms with Gasteiger partial charge in [-0.15, -0.1) is 0 Å². The van der Waals surface area contributed by atoms with Crippen LogP contribution in [-0.4, -0.2) is 17.2 Å². The van der Waals surface area contributed by atoms with Crippen molar-refractivity contribution in [3.05, 3.63) is 17.5 Å². The van der Waals surface area contributed by atoms with Crippen molar-refractivity contribution in [2.45, 2.75) is 13.8 Å². The maximum Gasteiger partial charge on any atom is 0.146 e. The minimum absolute atomic E-state index is 0.174. The molecule has 0 bridgehead atoms. The van der Waals surface area contributed by atoms with Crippen LogP contribution in [-0.2, 0) is 0 Å². The summed E-state index contributed by atoms with van der Waals surface area (Å²) in [5, 5.41) is 9.21. The molecular weight excluding hydrogens is 142 g/mol. The van der Waals surface area contributed by atoms with Gasteiger partial charge in [0.2, 0.25) is 0 Å². The van der Waals surface area contributed by atoms with Crippen molar-refractivity contribution < 1.29 is 9.84 Å². The first-order chi connectivity index (χ1) is 5.16. The monoisotopic (exact) mass is 153 g/mol. The summed E-state index contributed by atoms with van der Waals surface area (Å²) in [6.45, 7) is 3.63. The summed E-state index contributed by atoms with van der Waals surface area (Å²) in [6, 6.07) is 0. The quantitative estimate of drug-likeness (QED) is 0.663. The molecule has 3 heteroatoms. The fraction of sp³-hybridized carbons (Fsp3) is 0.375. The highest BCUT2D eigenvalue weighted by Gasteiger charge is 2.06. The zero-order valence-electron chi connectivity index (χ0n) is 6.88. The van der Waals surface area contributed by atoms with Crippen LogP contribution in [0.15, 0.2) is 6.20 Å². The van der Waals surface area contributed by atoms with E-state index in [1.807, 2.05) is 6.92 Å². The van der Waals surface area contributed by atoms with Gasteiger partial charge in [0.15, 0.2) is 0 Å². The third kappa shape index (κ3) is 1.27. The van der Waals surface area contributed by atoms with E-state index in [9.17, 15) is 5.11 Å². The fourth-order valence-corrected chi connectivity index (χ4v) is 1.00. The number of pyridine rings is 1. The van der Waals surface area contributed by atoms with E-state index in [1.165, 1.54) is 6.20 Å². The molecule has 1 N–H and O–H groups in total. The Labute approximate surface area is 65.7 Å². The molecule has 60 valence electrons. The molecule has 1 aromatic heterocycles. The van der Waals surface area contributed by atoms with Gasteiger partial charge in [0, 0.05) is 5.56 Å². The average molecular weight is 153 g/mol. The molecule has 1 heterocycles. The number of hydrogen-bond acceptors (Lipinski definition) is 3. The number of aromatic hydroxyl groups is 1. The minimum atomic E-state index is 0.174. The van der Waals surface area contributed by atoms with Crippen LogP contribution in [0.2, 0.25) is 0 Å². The Kier molecular flexibility index (Phi) is 1.98. The van der Waals surface area contributed by atoms with E-state index >= 15 is 0 Å². The van der Waals surface area contributed by atoms with Crippen LogP contribution in [0, 0.1) is 13.8 Å². The molecule has 0 spiro atoms. The van der Waals surface area contributed by atoms with Gasteiger partial charge in [-0.2, -0.15) is 0 Å². The molecule has 1 aromatic rings. The Hall–Kier alpha value is -1.25. The van der Waals surface area contributed by atoms with Crippen LogP contribution >= 0.6 is 0 Å². The van der Waals surface area contributed by atoms with Crippen molar-refractivity contribution in [1.29, 1.82) is 0 Å². The zero-order chi connectivity index (χ0) is 8.43. The Bertz CT molecular complexity index is 271. The van der Waals surface area contributed by atoms with Gasteiger partial charge < -0.3 is 9.84 Å². The lowest BCUT2D eigenvalue weighted by Gasteiger charge is -2.07. The lowest BCUT2D eigenvalue weighted by atomic mass is 10.2. The summed E-state index contributed by atoms with van der Waals surface area (Å²) < 4.78 is 5.03. The number of nitrogens with zero attached hydrogens (tertiary/aromatic N) is 1. The number of ether oxygens (including phenoxy) is 1. The summed E-state index contributed by atoms with van der Waals surface area (Å²) in [5.41, 5.74) is 1.53. The molecule has 0 saturated heterocycles. The van der Waals surface area contributed by atoms with Gasteiger partial charge in [-0.25, -0.2) is 0 Å². The van der Waals surface area contributed by atoms with E-state index in [0.717, 1.165) is 11.3 Å². The van der Waals surface area contributed by atoms with Crippen LogP contribution < -0.4 is 4.74 Å². The van der Waals surface area contributed by atoms with E-state index in [-0.39, 0.29) is 5.75 Å². The Morgan fingerprint density at radius 3 is 2.55 bits per heavy atom. The van der Waals surface area contributed by atoms with Gasteiger partial charge in [-0.3, -0.25) is 4.98 Å². The molecule has 3 nitrogen and oxygen atoms in total. The molecule has 11 heavy (non-hydrogen) atoms. The number of aromatic nitrogens is 1. The molecule has 0 radical (unpaired) electrons. The van der Waals surface area contributed by atoms with E-state index in [0.29, 0.717) is 5.75 Å². The van der Waals surface area contributed by atoms with E-state index in [4.69, 9.17) is 4.74 Å². The van der Waals surface area contributed by atoms with Crippen LogP contribution in [0.3, 0.4) is 0 Å². The molecule has 1 rings (SSSR count). The van der Waals surface area contributed by atoms with E-state index in [1.54, 1.807) is 14.0 Å². The van der Waals surface area contributed by atoms with Gasteiger partial charge in [-0.05, 0) is 13.8 Å². The highest BCUT2D eigenvalue weighted by molar-refractivity contribution is 5.43. The normalized spacial score (nSPS) is 9.73. The van der Waals surface area contributed by atoms with Gasteiger partial charge in [-0.1, -0.05) is 0 Å². The first-order valence-corrected chi connectivity index (χ1v) is 3.36. The molecule has 0 amide bonds. The number of rotatable bonds is 1. The van der Waals surface area contributed by atoms with Crippen LogP contribution in [0.4, 0.5) is 0 Å². The average Bonchev–Trinajstić information content (AvgIpc) is 1.99. The van der Waals surface area contributed by atoms with Crippen molar-refractivity contribution >= 4 is 0 Å². The van der Waals surface area contributed by atoms with Crippen molar-refractivity contribution in [2.75, 3.05) is 7.11 Å².